The predicted molar refractivity (Wildman–Crippen MR) is 94.4 cm³/mol. The molecule has 1 amide bonds. The summed E-state index contributed by atoms with van der Waals surface area (Å²) in [5, 5.41) is 11.6. The van der Waals surface area contributed by atoms with Crippen LogP contribution in [0.15, 0.2) is 29.2 Å². The van der Waals surface area contributed by atoms with Crippen molar-refractivity contribution < 1.29 is 27.5 Å². The lowest BCUT2D eigenvalue weighted by Crippen LogP contribution is -2.53. The van der Waals surface area contributed by atoms with Crippen LogP contribution in [0.1, 0.15) is 40.0 Å². The van der Waals surface area contributed by atoms with E-state index in [0.717, 1.165) is 18.6 Å². The van der Waals surface area contributed by atoms with Crippen molar-refractivity contribution in [2.45, 2.75) is 57.0 Å². The largest absolute Gasteiger partial charge is 0.480 e. The van der Waals surface area contributed by atoms with Gasteiger partial charge in [-0.3, -0.25) is 4.79 Å². The van der Waals surface area contributed by atoms with E-state index in [1.807, 2.05) is 6.92 Å². The molecule has 7 nitrogen and oxygen atoms in total. The Balaban J connectivity index is 2.99. The molecule has 0 radical (unpaired) electrons. The first-order valence-corrected chi connectivity index (χ1v) is 9.88. The third kappa shape index (κ3) is 6.06. The van der Waals surface area contributed by atoms with E-state index in [-0.39, 0.29) is 6.42 Å². The van der Waals surface area contributed by atoms with Gasteiger partial charge in [-0.05, 0) is 24.5 Å². The monoisotopic (exact) mass is 388 g/mol. The van der Waals surface area contributed by atoms with Gasteiger partial charge in [-0.1, -0.05) is 45.7 Å². The van der Waals surface area contributed by atoms with Crippen molar-refractivity contribution in [2.24, 2.45) is 5.92 Å². The SMILES string of the molecule is CCCCC(NC(=O)C(NS(=O)(=O)c1ccccc1F)C(C)C)C(=O)O. The summed E-state index contributed by atoms with van der Waals surface area (Å²) in [6.07, 6.45) is 1.60. The molecule has 0 heterocycles. The summed E-state index contributed by atoms with van der Waals surface area (Å²) < 4.78 is 40.8. The molecule has 1 aromatic carbocycles. The smallest absolute Gasteiger partial charge is 0.326 e. The molecule has 3 N–H and O–H groups in total. The molecule has 0 saturated carbocycles. The lowest BCUT2D eigenvalue weighted by molar-refractivity contribution is -0.142. The lowest BCUT2D eigenvalue weighted by Gasteiger charge is -2.24. The number of carbonyl (C=O) groups excluding carboxylic acids is 1. The average molecular weight is 388 g/mol. The fourth-order valence-corrected chi connectivity index (χ4v) is 3.74. The molecule has 26 heavy (non-hydrogen) atoms. The lowest BCUT2D eigenvalue weighted by atomic mass is 10.0. The molecule has 0 aliphatic heterocycles. The van der Waals surface area contributed by atoms with Crippen LogP contribution >= 0.6 is 0 Å². The summed E-state index contributed by atoms with van der Waals surface area (Å²) in [5.74, 6) is -3.36. The van der Waals surface area contributed by atoms with Crippen LogP contribution in [0.25, 0.3) is 0 Å². The Morgan fingerprint density at radius 1 is 1.23 bits per heavy atom. The van der Waals surface area contributed by atoms with Crippen LogP contribution < -0.4 is 10.0 Å². The van der Waals surface area contributed by atoms with Crippen molar-refractivity contribution in [3.05, 3.63) is 30.1 Å². The fourth-order valence-electron chi connectivity index (χ4n) is 2.31. The number of aliphatic carboxylic acids is 1. The third-order valence-electron chi connectivity index (χ3n) is 3.82. The number of hydrogen-bond acceptors (Lipinski definition) is 4. The van der Waals surface area contributed by atoms with Gasteiger partial charge in [0.25, 0.3) is 0 Å². The van der Waals surface area contributed by atoms with E-state index in [0.29, 0.717) is 6.42 Å². The standard InChI is InChI=1S/C17H25FN2O5S/c1-4-5-9-13(17(22)23)19-16(21)15(11(2)3)20-26(24,25)14-10-7-6-8-12(14)18/h6-8,10-11,13,15,20H,4-5,9H2,1-3H3,(H,19,21)(H,22,23). The highest BCUT2D eigenvalue weighted by Gasteiger charge is 2.32. The zero-order valence-corrected chi connectivity index (χ0v) is 15.8. The van der Waals surface area contributed by atoms with Gasteiger partial charge in [0.1, 0.15) is 22.8 Å². The summed E-state index contributed by atoms with van der Waals surface area (Å²) in [6, 6.07) is 2.47. The van der Waals surface area contributed by atoms with Crippen molar-refractivity contribution in [3.8, 4) is 0 Å². The normalized spacial score (nSPS) is 14.0. The highest BCUT2D eigenvalue weighted by Crippen LogP contribution is 2.16. The van der Waals surface area contributed by atoms with Gasteiger partial charge in [-0.15, -0.1) is 0 Å². The van der Waals surface area contributed by atoms with Crippen molar-refractivity contribution in [1.82, 2.24) is 10.0 Å². The van der Waals surface area contributed by atoms with Crippen LogP contribution in [0.4, 0.5) is 4.39 Å². The Morgan fingerprint density at radius 2 is 1.85 bits per heavy atom. The highest BCUT2D eigenvalue weighted by atomic mass is 32.2. The van der Waals surface area contributed by atoms with E-state index in [1.54, 1.807) is 13.8 Å². The number of unbranched alkanes of at least 4 members (excludes halogenated alkanes) is 1. The Hall–Kier alpha value is -2.00. The van der Waals surface area contributed by atoms with Gasteiger partial charge >= 0.3 is 5.97 Å². The zero-order valence-electron chi connectivity index (χ0n) is 15.0. The maximum absolute atomic E-state index is 13.8. The molecule has 0 aromatic heterocycles. The molecular weight excluding hydrogens is 363 g/mol. The van der Waals surface area contributed by atoms with E-state index in [9.17, 15) is 27.5 Å². The van der Waals surface area contributed by atoms with Crippen molar-refractivity contribution in [2.75, 3.05) is 0 Å². The Kier molecular flexibility index (Phi) is 8.16. The van der Waals surface area contributed by atoms with Gasteiger partial charge in [-0.2, -0.15) is 4.72 Å². The van der Waals surface area contributed by atoms with Crippen LogP contribution in [0.3, 0.4) is 0 Å². The van der Waals surface area contributed by atoms with Crippen LogP contribution in [0.5, 0.6) is 0 Å². The van der Waals surface area contributed by atoms with Gasteiger partial charge < -0.3 is 10.4 Å². The van der Waals surface area contributed by atoms with Gasteiger partial charge in [0.05, 0.1) is 0 Å². The fraction of sp³-hybridized carbons (Fsp3) is 0.529. The van der Waals surface area contributed by atoms with E-state index < -0.39 is 50.6 Å². The number of nitrogens with one attached hydrogen (secondary N) is 2. The molecule has 1 rings (SSSR count). The van der Waals surface area contributed by atoms with Gasteiger partial charge in [0.2, 0.25) is 15.9 Å². The quantitative estimate of drug-likeness (QED) is 0.567. The molecule has 146 valence electrons. The number of amides is 1. The van der Waals surface area contributed by atoms with E-state index in [4.69, 9.17) is 0 Å². The minimum absolute atomic E-state index is 0.239. The summed E-state index contributed by atoms with van der Waals surface area (Å²) in [6.45, 7) is 5.10. The first kappa shape index (κ1) is 22.0. The maximum atomic E-state index is 13.8. The van der Waals surface area contributed by atoms with Crippen molar-refractivity contribution in [1.29, 1.82) is 0 Å². The number of hydrogen-bond donors (Lipinski definition) is 3. The Labute approximate surface area is 153 Å². The average Bonchev–Trinajstić information content (AvgIpc) is 2.56. The molecule has 0 fully saturated rings. The van der Waals surface area contributed by atoms with E-state index >= 15 is 0 Å². The maximum Gasteiger partial charge on any atom is 0.326 e. The first-order valence-electron chi connectivity index (χ1n) is 8.40. The number of rotatable bonds is 10. The second kappa shape index (κ2) is 9.63. The van der Waals surface area contributed by atoms with Crippen LogP contribution in [0, 0.1) is 11.7 Å². The Morgan fingerprint density at radius 3 is 2.35 bits per heavy atom. The number of sulfonamides is 1. The summed E-state index contributed by atoms with van der Waals surface area (Å²) in [5.41, 5.74) is 0. The van der Waals surface area contributed by atoms with E-state index in [1.165, 1.54) is 12.1 Å². The number of carbonyl (C=O) groups is 2. The van der Waals surface area contributed by atoms with Crippen LogP contribution in [-0.4, -0.2) is 37.5 Å². The molecule has 0 aliphatic rings. The number of benzene rings is 1. The minimum atomic E-state index is -4.29. The third-order valence-corrected chi connectivity index (χ3v) is 5.29. The topological polar surface area (TPSA) is 113 Å². The van der Waals surface area contributed by atoms with Crippen molar-refractivity contribution >= 4 is 21.9 Å². The molecule has 9 heteroatoms. The molecule has 0 saturated heterocycles. The van der Waals surface area contributed by atoms with Crippen molar-refractivity contribution in [3.63, 3.8) is 0 Å². The molecular formula is C17H25FN2O5S. The molecule has 0 aliphatic carbocycles. The number of halogens is 1. The number of carboxylic acids is 1. The van der Waals surface area contributed by atoms with Crippen LogP contribution in [0.2, 0.25) is 0 Å². The minimum Gasteiger partial charge on any atom is -0.480 e. The molecule has 0 bridgehead atoms. The highest BCUT2D eigenvalue weighted by molar-refractivity contribution is 7.89. The number of carboxylic acid groups (broad SMARTS) is 1. The van der Waals surface area contributed by atoms with E-state index in [2.05, 4.69) is 10.0 Å². The second-order valence-electron chi connectivity index (χ2n) is 6.32. The summed E-state index contributed by atoms with van der Waals surface area (Å²) in [7, 11) is -4.29. The second-order valence-corrected chi connectivity index (χ2v) is 8.00. The van der Waals surface area contributed by atoms with Gasteiger partial charge in [0.15, 0.2) is 0 Å². The molecule has 0 spiro atoms. The summed E-state index contributed by atoms with van der Waals surface area (Å²) in [4.78, 5) is 23.2. The van der Waals surface area contributed by atoms with Gasteiger partial charge in [-0.25, -0.2) is 17.6 Å². The molecule has 2 atom stereocenters. The predicted octanol–water partition coefficient (Wildman–Crippen LogP) is 1.89. The molecule has 1 aromatic rings. The van der Waals surface area contributed by atoms with Crippen LogP contribution in [-0.2, 0) is 19.6 Å². The van der Waals surface area contributed by atoms with Gasteiger partial charge in [0, 0.05) is 0 Å². The Bertz CT molecular complexity index is 736. The first-order chi connectivity index (χ1) is 12.1. The zero-order chi connectivity index (χ0) is 19.9. The summed E-state index contributed by atoms with van der Waals surface area (Å²) >= 11 is 0. The molecule has 2 unspecified atom stereocenters.